The number of furan rings is 1. The number of carbonyl (C=O) groups is 2. The Morgan fingerprint density at radius 1 is 1.33 bits per heavy atom. The maximum atomic E-state index is 12.7. The van der Waals surface area contributed by atoms with Crippen LogP contribution in [0, 0.1) is 12.8 Å². The van der Waals surface area contributed by atoms with Gasteiger partial charge in [0.25, 0.3) is 0 Å². The SMILES string of the molecule is CCOc1ccc(-c2nc(NC(=O)[C@@H]3CC(=O)N(Cc4ccco4)C3)sc2C)cc1. The van der Waals surface area contributed by atoms with Gasteiger partial charge in [0.2, 0.25) is 11.8 Å². The first-order chi connectivity index (χ1) is 14.5. The van der Waals surface area contributed by atoms with Crippen LogP contribution < -0.4 is 10.1 Å². The number of anilines is 1. The van der Waals surface area contributed by atoms with E-state index in [1.807, 2.05) is 44.2 Å². The van der Waals surface area contributed by atoms with Crippen molar-refractivity contribution in [3.05, 3.63) is 53.3 Å². The number of amides is 2. The lowest BCUT2D eigenvalue weighted by atomic mass is 10.1. The fourth-order valence-corrected chi connectivity index (χ4v) is 4.33. The van der Waals surface area contributed by atoms with Gasteiger partial charge >= 0.3 is 0 Å². The average Bonchev–Trinajstić information content (AvgIpc) is 3.45. The molecule has 1 aliphatic rings. The summed E-state index contributed by atoms with van der Waals surface area (Å²) in [4.78, 5) is 32.2. The molecule has 0 unspecified atom stereocenters. The first kappa shape index (κ1) is 20.2. The molecule has 2 amide bonds. The summed E-state index contributed by atoms with van der Waals surface area (Å²) in [5.74, 6) is 0.896. The molecule has 156 valence electrons. The first-order valence-electron chi connectivity index (χ1n) is 9.85. The Balaban J connectivity index is 1.40. The lowest BCUT2D eigenvalue weighted by molar-refractivity contribution is -0.128. The van der Waals surface area contributed by atoms with Crippen molar-refractivity contribution in [2.24, 2.45) is 5.92 Å². The molecule has 0 spiro atoms. The number of benzene rings is 1. The van der Waals surface area contributed by atoms with Crippen molar-refractivity contribution < 1.29 is 18.7 Å². The molecule has 1 N–H and O–H groups in total. The van der Waals surface area contributed by atoms with E-state index in [4.69, 9.17) is 9.15 Å². The van der Waals surface area contributed by atoms with Crippen molar-refractivity contribution in [2.75, 3.05) is 18.5 Å². The van der Waals surface area contributed by atoms with Gasteiger partial charge in [0.15, 0.2) is 5.13 Å². The van der Waals surface area contributed by atoms with Gasteiger partial charge < -0.3 is 19.4 Å². The van der Waals surface area contributed by atoms with Crippen LogP contribution >= 0.6 is 11.3 Å². The van der Waals surface area contributed by atoms with Crippen LogP contribution in [0.15, 0.2) is 47.1 Å². The average molecular weight is 426 g/mol. The van der Waals surface area contributed by atoms with E-state index in [0.717, 1.165) is 21.9 Å². The van der Waals surface area contributed by atoms with Crippen molar-refractivity contribution in [3.8, 4) is 17.0 Å². The molecule has 30 heavy (non-hydrogen) atoms. The van der Waals surface area contributed by atoms with Crippen LogP contribution in [-0.2, 0) is 16.1 Å². The van der Waals surface area contributed by atoms with Gasteiger partial charge in [0, 0.05) is 23.4 Å². The van der Waals surface area contributed by atoms with Gasteiger partial charge in [-0.1, -0.05) is 0 Å². The highest BCUT2D eigenvalue weighted by atomic mass is 32.1. The second-order valence-corrected chi connectivity index (χ2v) is 8.33. The smallest absolute Gasteiger partial charge is 0.231 e. The summed E-state index contributed by atoms with van der Waals surface area (Å²) < 4.78 is 10.8. The number of nitrogens with one attached hydrogen (secondary N) is 1. The third kappa shape index (κ3) is 4.38. The minimum atomic E-state index is -0.398. The highest BCUT2D eigenvalue weighted by molar-refractivity contribution is 7.16. The zero-order valence-electron chi connectivity index (χ0n) is 16.9. The summed E-state index contributed by atoms with van der Waals surface area (Å²) in [6, 6.07) is 11.3. The molecule has 3 aromatic rings. The number of aryl methyl sites for hydroxylation is 1. The van der Waals surface area contributed by atoms with Gasteiger partial charge in [-0.05, 0) is 50.2 Å². The summed E-state index contributed by atoms with van der Waals surface area (Å²) in [6.45, 7) is 5.30. The number of hydrogen-bond donors (Lipinski definition) is 1. The van der Waals surface area contributed by atoms with Crippen LogP contribution in [0.3, 0.4) is 0 Å². The van der Waals surface area contributed by atoms with Gasteiger partial charge in [-0.15, -0.1) is 11.3 Å². The van der Waals surface area contributed by atoms with Gasteiger partial charge in [-0.3, -0.25) is 9.59 Å². The fraction of sp³-hybridized carbons (Fsp3) is 0.318. The molecule has 2 aromatic heterocycles. The van der Waals surface area contributed by atoms with E-state index in [1.54, 1.807) is 17.2 Å². The molecule has 1 aliphatic heterocycles. The zero-order valence-corrected chi connectivity index (χ0v) is 17.7. The highest BCUT2D eigenvalue weighted by Gasteiger charge is 2.35. The summed E-state index contributed by atoms with van der Waals surface area (Å²) in [5, 5.41) is 3.43. The van der Waals surface area contributed by atoms with Gasteiger partial charge in [0.1, 0.15) is 11.5 Å². The lowest BCUT2D eigenvalue weighted by Gasteiger charge is -2.14. The van der Waals surface area contributed by atoms with Gasteiger partial charge in [-0.2, -0.15) is 0 Å². The van der Waals surface area contributed by atoms with Crippen molar-refractivity contribution >= 4 is 28.3 Å². The molecule has 4 rings (SSSR count). The number of nitrogens with zero attached hydrogens (tertiary/aromatic N) is 2. The Morgan fingerprint density at radius 2 is 2.13 bits per heavy atom. The van der Waals surface area contributed by atoms with Crippen LogP contribution in [0.2, 0.25) is 0 Å². The maximum absolute atomic E-state index is 12.7. The third-order valence-corrected chi connectivity index (χ3v) is 5.86. The molecule has 0 saturated carbocycles. The van der Waals surface area contributed by atoms with Crippen LogP contribution in [0.5, 0.6) is 5.75 Å². The van der Waals surface area contributed by atoms with E-state index in [2.05, 4.69) is 10.3 Å². The fourth-order valence-electron chi connectivity index (χ4n) is 3.49. The van der Waals surface area contributed by atoms with Crippen molar-refractivity contribution in [1.29, 1.82) is 0 Å². The van der Waals surface area contributed by atoms with Crippen LogP contribution in [0.25, 0.3) is 11.3 Å². The number of hydrogen-bond acceptors (Lipinski definition) is 6. The molecule has 0 bridgehead atoms. The number of carbonyl (C=O) groups excluding carboxylic acids is 2. The van der Waals surface area contributed by atoms with E-state index in [9.17, 15) is 9.59 Å². The Kier molecular flexibility index (Phi) is 5.85. The molecule has 8 heteroatoms. The lowest BCUT2D eigenvalue weighted by Crippen LogP contribution is -2.27. The second-order valence-electron chi connectivity index (χ2n) is 7.13. The summed E-state index contributed by atoms with van der Waals surface area (Å²) in [7, 11) is 0. The second kappa shape index (κ2) is 8.71. The Hall–Kier alpha value is -3.13. The van der Waals surface area contributed by atoms with Gasteiger partial charge in [-0.25, -0.2) is 4.98 Å². The zero-order chi connectivity index (χ0) is 21.1. The molecule has 3 heterocycles. The predicted molar refractivity (Wildman–Crippen MR) is 114 cm³/mol. The molecular formula is C22H23N3O4S. The van der Waals surface area contributed by atoms with Crippen molar-refractivity contribution in [2.45, 2.75) is 26.8 Å². The number of ether oxygens (including phenoxy) is 1. The quantitative estimate of drug-likeness (QED) is 0.616. The Morgan fingerprint density at radius 3 is 2.83 bits per heavy atom. The van der Waals surface area contributed by atoms with E-state index >= 15 is 0 Å². The number of rotatable bonds is 7. The number of likely N-dealkylation sites (tertiary alicyclic amines) is 1. The predicted octanol–water partition coefficient (Wildman–Crippen LogP) is 4.10. The number of thiazole rings is 1. The normalized spacial score (nSPS) is 16.1. The summed E-state index contributed by atoms with van der Waals surface area (Å²) in [5.41, 5.74) is 1.80. The maximum Gasteiger partial charge on any atom is 0.231 e. The highest BCUT2D eigenvalue weighted by Crippen LogP contribution is 2.32. The van der Waals surface area contributed by atoms with E-state index in [1.165, 1.54) is 11.3 Å². The minimum absolute atomic E-state index is 0.0445. The van der Waals surface area contributed by atoms with Gasteiger partial charge in [0.05, 0.1) is 31.0 Å². The number of aromatic nitrogens is 1. The molecule has 1 fully saturated rings. The standard InChI is InChI=1S/C22H23N3O4S/c1-3-28-17-8-6-15(7-9-17)20-14(2)30-22(23-20)24-21(27)16-11-19(26)25(12-16)13-18-5-4-10-29-18/h4-10,16H,3,11-13H2,1-2H3,(H,23,24,27)/t16-/m1/s1. The monoisotopic (exact) mass is 425 g/mol. The molecule has 0 aliphatic carbocycles. The van der Waals surface area contributed by atoms with Crippen molar-refractivity contribution in [3.63, 3.8) is 0 Å². The molecule has 1 atom stereocenters. The van der Waals surface area contributed by atoms with Crippen molar-refractivity contribution in [1.82, 2.24) is 9.88 Å². The topological polar surface area (TPSA) is 84.7 Å². The molecule has 1 aromatic carbocycles. The minimum Gasteiger partial charge on any atom is -0.494 e. The molecular weight excluding hydrogens is 402 g/mol. The molecule has 1 saturated heterocycles. The summed E-state index contributed by atoms with van der Waals surface area (Å²) in [6.07, 6.45) is 1.77. The summed E-state index contributed by atoms with van der Waals surface area (Å²) >= 11 is 1.43. The molecule has 0 radical (unpaired) electrons. The Labute approximate surface area is 178 Å². The van der Waals surface area contributed by atoms with E-state index in [0.29, 0.717) is 30.6 Å². The van der Waals surface area contributed by atoms with Crippen LogP contribution in [-0.4, -0.2) is 34.8 Å². The van der Waals surface area contributed by atoms with E-state index in [-0.39, 0.29) is 18.2 Å². The van der Waals surface area contributed by atoms with Crippen LogP contribution in [0.1, 0.15) is 24.0 Å². The largest absolute Gasteiger partial charge is 0.494 e. The first-order valence-corrected chi connectivity index (χ1v) is 10.7. The van der Waals surface area contributed by atoms with Crippen LogP contribution in [0.4, 0.5) is 5.13 Å². The molecule has 7 nitrogen and oxygen atoms in total. The van der Waals surface area contributed by atoms with E-state index < -0.39 is 5.92 Å². The Bertz CT molecular complexity index is 1030. The third-order valence-electron chi connectivity index (χ3n) is 4.98.